The van der Waals surface area contributed by atoms with E-state index in [9.17, 15) is 9.90 Å². The molecule has 3 aromatic carbocycles. The van der Waals surface area contributed by atoms with Crippen LogP contribution in [0.4, 0.5) is 0 Å². The molecule has 190 valence electrons. The number of carbonyl (C=O) groups is 1. The van der Waals surface area contributed by atoms with Crippen LogP contribution in [0.25, 0.3) is 11.1 Å². The Labute approximate surface area is 212 Å². The van der Waals surface area contributed by atoms with Crippen LogP contribution < -0.4 is 9.84 Å². The first-order valence-electron chi connectivity index (χ1n) is 12.2. The number of aromatic carboxylic acids is 1. The number of carboxylic acid groups (broad SMARTS) is 1. The molecule has 0 heterocycles. The number of fused-ring (bicyclic) bond motifs is 3. The maximum Gasteiger partial charge on any atom is 0.128 e. The third-order valence-electron chi connectivity index (χ3n) is 6.78. The second-order valence-corrected chi connectivity index (χ2v) is 9.29. The zero-order valence-electron chi connectivity index (χ0n) is 21.4. The fraction of sp³-hybridized carbons (Fsp3) is 0.367. The Morgan fingerprint density at radius 1 is 0.778 bits per heavy atom. The summed E-state index contributed by atoms with van der Waals surface area (Å²) in [5.74, 6) is -0.996. The topological polar surface area (TPSA) is 77.0 Å². The quantitative estimate of drug-likeness (QED) is 0.357. The maximum atomic E-state index is 12.1. The van der Waals surface area contributed by atoms with Crippen molar-refractivity contribution in [2.75, 3.05) is 46.8 Å². The Morgan fingerprint density at radius 3 is 1.89 bits per heavy atom. The Bertz CT molecular complexity index is 1180. The number of rotatable bonds is 12. The third kappa shape index (κ3) is 5.16. The Hall–Kier alpha value is -3.19. The molecule has 0 aromatic heterocycles. The van der Waals surface area contributed by atoms with E-state index >= 15 is 0 Å². The zero-order chi connectivity index (χ0) is 25.7. The van der Waals surface area contributed by atoms with Crippen LogP contribution in [0.15, 0.2) is 54.6 Å². The van der Waals surface area contributed by atoms with Gasteiger partial charge in [0.05, 0.1) is 39.0 Å². The minimum absolute atomic E-state index is 0.0342. The highest BCUT2D eigenvalue weighted by Crippen LogP contribution is 2.53. The lowest BCUT2D eigenvalue weighted by atomic mass is 9.73. The normalized spacial score (nSPS) is 13.3. The van der Waals surface area contributed by atoms with Gasteiger partial charge in [0.15, 0.2) is 0 Å². The van der Waals surface area contributed by atoms with Gasteiger partial charge < -0.3 is 28.8 Å². The fourth-order valence-corrected chi connectivity index (χ4v) is 4.87. The smallest absolute Gasteiger partial charge is 0.128 e. The van der Waals surface area contributed by atoms with E-state index in [1.165, 1.54) is 22.3 Å². The number of benzene rings is 3. The lowest BCUT2D eigenvalue weighted by Gasteiger charge is -2.30. The van der Waals surface area contributed by atoms with Gasteiger partial charge in [-0.25, -0.2) is 0 Å². The Morgan fingerprint density at radius 2 is 1.33 bits per heavy atom. The first kappa shape index (κ1) is 25.9. The lowest BCUT2D eigenvalue weighted by molar-refractivity contribution is -0.255. The number of hydrogen-bond acceptors (Lipinski definition) is 6. The summed E-state index contributed by atoms with van der Waals surface area (Å²) in [7, 11) is 1.62. The molecule has 0 radical (unpaired) electrons. The number of hydrogen-bond donors (Lipinski definition) is 0. The van der Waals surface area contributed by atoms with Crippen molar-refractivity contribution < 1.29 is 28.8 Å². The van der Waals surface area contributed by atoms with Crippen LogP contribution in [-0.4, -0.2) is 52.7 Å². The summed E-state index contributed by atoms with van der Waals surface area (Å²) in [5, 5.41) is 12.1. The zero-order valence-corrected chi connectivity index (χ0v) is 21.4. The van der Waals surface area contributed by atoms with Crippen molar-refractivity contribution in [2.45, 2.75) is 26.2 Å². The summed E-state index contributed by atoms with van der Waals surface area (Å²) in [6.45, 7) is 8.80. The molecule has 0 saturated carbocycles. The molecule has 1 aliphatic carbocycles. The largest absolute Gasteiger partial charge is 0.545 e. The van der Waals surface area contributed by atoms with Gasteiger partial charge in [-0.2, -0.15) is 0 Å². The molecular weight excluding hydrogens is 456 g/mol. The van der Waals surface area contributed by atoms with Crippen LogP contribution >= 0.6 is 0 Å². The summed E-state index contributed by atoms with van der Waals surface area (Å²) in [4.78, 5) is 12.1. The number of carbonyl (C=O) groups excluding carboxylic acids is 1. The van der Waals surface area contributed by atoms with Gasteiger partial charge >= 0.3 is 0 Å². The molecule has 6 heteroatoms. The van der Waals surface area contributed by atoms with Crippen molar-refractivity contribution in [1.29, 1.82) is 0 Å². The van der Waals surface area contributed by atoms with Crippen molar-refractivity contribution in [3.8, 4) is 16.9 Å². The summed E-state index contributed by atoms with van der Waals surface area (Å²) in [5.41, 5.74) is 7.43. The van der Waals surface area contributed by atoms with Gasteiger partial charge in [0.2, 0.25) is 0 Å². The van der Waals surface area contributed by atoms with E-state index in [0.717, 1.165) is 16.7 Å². The van der Waals surface area contributed by atoms with E-state index in [0.29, 0.717) is 33.0 Å². The molecule has 4 rings (SSSR count). The van der Waals surface area contributed by atoms with Crippen LogP contribution in [-0.2, 0) is 19.6 Å². The third-order valence-corrected chi connectivity index (χ3v) is 6.78. The molecule has 0 atom stereocenters. The van der Waals surface area contributed by atoms with Gasteiger partial charge in [0, 0.05) is 18.1 Å². The van der Waals surface area contributed by atoms with Gasteiger partial charge in [-0.15, -0.1) is 0 Å². The van der Waals surface area contributed by atoms with E-state index in [-0.39, 0.29) is 17.9 Å². The highest BCUT2D eigenvalue weighted by atomic mass is 16.6. The van der Waals surface area contributed by atoms with Gasteiger partial charge in [-0.05, 0) is 60.7 Å². The van der Waals surface area contributed by atoms with Crippen LogP contribution in [0, 0.1) is 13.8 Å². The summed E-state index contributed by atoms with van der Waals surface area (Å²) >= 11 is 0. The van der Waals surface area contributed by atoms with E-state index < -0.39 is 11.4 Å². The van der Waals surface area contributed by atoms with Gasteiger partial charge in [0.1, 0.15) is 12.4 Å². The average Bonchev–Trinajstić information content (AvgIpc) is 3.11. The molecule has 0 N–H and O–H groups in total. The summed E-state index contributed by atoms with van der Waals surface area (Å²) in [6, 6.07) is 18.3. The fourth-order valence-electron chi connectivity index (χ4n) is 4.87. The van der Waals surface area contributed by atoms with Crippen LogP contribution in [0.1, 0.15) is 45.1 Å². The average molecular weight is 490 g/mol. The number of ether oxygens (including phenoxy) is 4. The molecule has 0 unspecified atom stereocenters. The van der Waals surface area contributed by atoms with Crippen LogP contribution in [0.2, 0.25) is 0 Å². The molecule has 3 aromatic rings. The highest BCUT2D eigenvalue weighted by molar-refractivity contribution is 5.90. The maximum absolute atomic E-state index is 12.1. The molecule has 0 spiro atoms. The van der Waals surface area contributed by atoms with E-state index in [4.69, 9.17) is 18.9 Å². The second kappa shape index (κ2) is 11.2. The first-order chi connectivity index (χ1) is 17.4. The molecule has 0 saturated heterocycles. The second-order valence-electron chi connectivity index (χ2n) is 9.29. The Balaban J connectivity index is 1.55. The summed E-state index contributed by atoms with van der Waals surface area (Å²) in [6.07, 6.45) is 0. The first-order valence-corrected chi connectivity index (χ1v) is 12.2. The van der Waals surface area contributed by atoms with Gasteiger partial charge in [-0.1, -0.05) is 53.6 Å². The van der Waals surface area contributed by atoms with Crippen molar-refractivity contribution in [3.63, 3.8) is 0 Å². The van der Waals surface area contributed by atoms with E-state index in [2.05, 4.69) is 57.2 Å². The minimum atomic E-state index is -1.27. The molecule has 6 nitrogen and oxygen atoms in total. The Kier molecular flexibility index (Phi) is 8.09. The van der Waals surface area contributed by atoms with Crippen LogP contribution in [0.3, 0.4) is 0 Å². The predicted molar refractivity (Wildman–Crippen MR) is 137 cm³/mol. The van der Waals surface area contributed by atoms with E-state index in [1.807, 2.05) is 6.07 Å². The molecule has 0 aliphatic heterocycles. The van der Waals surface area contributed by atoms with Crippen molar-refractivity contribution in [2.24, 2.45) is 0 Å². The van der Waals surface area contributed by atoms with E-state index in [1.54, 1.807) is 19.2 Å². The van der Waals surface area contributed by atoms with Gasteiger partial charge in [0.25, 0.3) is 0 Å². The lowest BCUT2D eigenvalue weighted by Crippen LogP contribution is -2.27. The monoisotopic (exact) mass is 489 g/mol. The van der Waals surface area contributed by atoms with Crippen LogP contribution in [0.5, 0.6) is 5.75 Å². The number of methoxy groups -OCH3 is 1. The molecule has 36 heavy (non-hydrogen) atoms. The van der Waals surface area contributed by atoms with Crippen molar-refractivity contribution >= 4 is 5.97 Å². The SMILES string of the molecule is COCCOCCOCCOc1ccc(C2(C)c3cc(C)ccc3-c3ccc(C)cc32)cc1C(=O)[O-]. The molecular formula is C30H33O6-. The molecule has 0 bridgehead atoms. The number of aryl methyl sites for hydroxylation is 2. The molecule has 0 amide bonds. The predicted octanol–water partition coefficient (Wildman–Crippen LogP) is 4.06. The minimum Gasteiger partial charge on any atom is -0.545 e. The van der Waals surface area contributed by atoms with Crippen molar-refractivity contribution in [1.82, 2.24) is 0 Å². The highest BCUT2D eigenvalue weighted by Gasteiger charge is 2.41. The van der Waals surface area contributed by atoms with Gasteiger partial charge in [-0.3, -0.25) is 0 Å². The van der Waals surface area contributed by atoms with Crippen molar-refractivity contribution in [3.05, 3.63) is 88.0 Å². The standard InChI is InChI=1S/C30H34O6/c1-20-5-8-23-24-9-6-21(2)18-27(24)30(3,26(23)17-20)22-7-10-28(25(19-22)29(31)32)36-16-15-35-14-13-34-12-11-33-4/h5-10,17-19H,11-16H2,1-4H3,(H,31,32)/p-1. The molecule has 1 aliphatic rings. The number of carboxylic acids is 1. The summed E-state index contributed by atoms with van der Waals surface area (Å²) < 4.78 is 21.5. The molecule has 0 fully saturated rings.